The number of hydrazine groups is 1. The van der Waals surface area contributed by atoms with Gasteiger partial charge in [0.15, 0.2) is 0 Å². The SMILES string of the molecule is NNC(=NC1CCCC1)Nc1c(Cl)cccc1C(F)(F)F. The Morgan fingerprint density at radius 1 is 1.29 bits per heavy atom. The van der Waals surface area contributed by atoms with Gasteiger partial charge in [-0.2, -0.15) is 13.2 Å². The van der Waals surface area contributed by atoms with Gasteiger partial charge in [-0.1, -0.05) is 30.5 Å². The van der Waals surface area contributed by atoms with Crippen LogP contribution in [0.15, 0.2) is 23.2 Å². The molecule has 0 atom stereocenters. The summed E-state index contributed by atoms with van der Waals surface area (Å²) in [6.45, 7) is 0. The second-order valence-corrected chi connectivity index (χ2v) is 5.25. The number of hydrogen-bond acceptors (Lipinski definition) is 2. The molecule has 2 rings (SSSR count). The lowest BCUT2D eigenvalue weighted by Gasteiger charge is -2.17. The summed E-state index contributed by atoms with van der Waals surface area (Å²) in [6, 6.07) is 3.65. The lowest BCUT2D eigenvalue weighted by atomic mass is 10.1. The van der Waals surface area contributed by atoms with E-state index in [0.717, 1.165) is 31.7 Å². The Bertz CT molecular complexity index is 525. The maximum absolute atomic E-state index is 13.0. The largest absolute Gasteiger partial charge is 0.418 e. The second kappa shape index (κ2) is 6.53. The van der Waals surface area contributed by atoms with Crippen LogP contribution in [0.1, 0.15) is 31.2 Å². The normalized spacial score (nSPS) is 17.1. The molecule has 0 heterocycles. The number of rotatable bonds is 2. The van der Waals surface area contributed by atoms with Crippen molar-refractivity contribution in [3.63, 3.8) is 0 Å². The smallest absolute Gasteiger partial charge is 0.323 e. The van der Waals surface area contributed by atoms with E-state index in [0.29, 0.717) is 0 Å². The minimum Gasteiger partial charge on any atom is -0.323 e. The number of halogens is 4. The molecule has 0 bridgehead atoms. The number of anilines is 1. The van der Waals surface area contributed by atoms with Crippen LogP contribution in [0, 0.1) is 0 Å². The lowest BCUT2D eigenvalue weighted by molar-refractivity contribution is -0.136. The fraction of sp³-hybridized carbons (Fsp3) is 0.462. The molecule has 1 aromatic carbocycles. The Morgan fingerprint density at radius 3 is 2.52 bits per heavy atom. The number of alkyl halides is 3. The van der Waals surface area contributed by atoms with Crippen LogP contribution in [0.2, 0.25) is 5.02 Å². The fourth-order valence-electron chi connectivity index (χ4n) is 2.33. The number of nitrogens with zero attached hydrogens (tertiary/aromatic N) is 1. The van der Waals surface area contributed by atoms with E-state index < -0.39 is 11.7 Å². The van der Waals surface area contributed by atoms with E-state index in [1.165, 1.54) is 12.1 Å². The van der Waals surface area contributed by atoms with Gasteiger partial charge in [0.25, 0.3) is 0 Å². The average Bonchev–Trinajstić information content (AvgIpc) is 2.91. The number of hydrogen-bond donors (Lipinski definition) is 3. The van der Waals surface area contributed by atoms with Gasteiger partial charge in [0.2, 0.25) is 5.96 Å². The molecule has 4 nitrogen and oxygen atoms in total. The van der Waals surface area contributed by atoms with E-state index in [4.69, 9.17) is 17.4 Å². The first kappa shape index (κ1) is 15.9. The Labute approximate surface area is 125 Å². The van der Waals surface area contributed by atoms with Crippen LogP contribution in [0.4, 0.5) is 18.9 Å². The molecule has 0 unspecified atom stereocenters. The molecule has 8 heteroatoms. The predicted octanol–water partition coefficient (Wildman–Crippen LogP) is 3.53. The van der Waals surface area contributed by atoms with Gasteiger partial charge in [-0.15, -0.1) is 0 Å². The van der Waals surface area contributed by atoms with Crippen molar-refractivity contribution >= 4 is 23.2 Å². The van der Waals surface area contributed by atoms with Crippen molar-refractivity contribution < 1.29 is 13.2 Å². The molecule has 0 saturated heterocycles. The van der Waals surface area contributed by atoms with Gasteiger partial charge in [0, 0.05) is 0 Å². The van der Waals surface area contributed by atoms with Gasteiger partial charge >= 0.3 is 6.18 Å². The summed E-state index contributed by atoms with van der Waals surface area (Å²) < 4.78 is 39.0. The number of benzene rings is 1. The zero-order valence-corrected chi connectivity index (χ0v) is 11.9. The molecule has 4 N–H and O–H groups in total. The van der Waals surface area contributed by atoms with Gasteiger partial charge in [0.1, 0.15) is 0 Å². The average molecular weight is 321 g/mol. The number of guanidine groups is 1. The van der Waals surface area contributed by atoms with Crippen LogP contribution in [-0.4, -0.2) is 12.0 Å². The molecule has 0 aliphatic heterocycles. The first-order valence-electron chi connectivity index (χ1n) is 6.59. The summed E-state index contributed by atoms with van der Waals surface area (Å²) in [4.78, 5) is 4.30. The molecule has 0 spiro atoms. The summed E-state index contributed by atoms with van der Waals surface area (Å²) in [7, 11) is 0. The highest BCUT2D eigenvalue weighted by Crippen LogP contribution is 2.38. The molecular weight excluding hydrogens is 305 g/mol. The van der Waals surface area contributed by atoms with Crippen molar-refractivity contribution in [3.8, 4) is 0 Å². The third-order valence-corrected chi connectivity index (χ3v) is 3.65. The van der Waals surface area contributed by atoms with Gasteiger partial charge in [-0.05, 0) is 25.0 Å². The molecule has 1 aliphatic carbocycles. The summed E-state index contributed by atoms with van der Waals surface area (Å²) in [5.41, 5.74) is 1.19. The third-order valence-electron chi connectivity index (χ3n) is 3.34. The molecule has 1 aliphatic rings. The summed E-state index contributed by atoms with van der Waals surface area (Å²) in [5, 5.41) is 2.52. The standard InChI is InChI=1S/C13H16ClF3N4/c14-10-7-3-6-9(13(15,16)17)11(10)20-12(21-18)19-8-4-1-2-5-8/h3,6-8H,1-2,4-5,18H2,(H2,19,20,21). The topological polar surface area (TPSA) is 62.4 Å². The van der Waals surface area contributed by atoms with Crippen LogP contribution in [0.5, 0.6) is 0 Å². The molecule has 0 aromatic heterocycles. The molecule has 1 fully saturated rings. The maximum Gasteiger partial charge on any atom is 0.418 e. The van der Waals surface area contributed by atoms with Crippen LogP contribution in [-0.2, 0) is 6.18 Å². The van der Waals surface area contributed by atoms with E-state index in [9.17, 15) is 13.2 Å². The van der Waals surface area contributed by atoms with Crippen LogP contribution < -0.4 is 16.6 Å². The summed E-state index contributed by atoms with van der Waals surface area (Å²) >= 11 is 5.87. The zero-order chi connectivity index (χ0) is 15.5. The monoisotopic (exact) mass is 320 g/mol. The number of para-hydroxylation sites is 1. The molecule has 1 saturated carbocycles. The Kier molecular flexibility index (Phi) is 4.95. The van der Waals surface area contributed by atoms with Crippen LogP contribution >= 0.6 is 11.6 Å². The molecule has 21 heavy (non-hydrogen) atoms. The first-order chi connectivity index (χ1) is 9.91. The van der Waals surface area contributed by atoms with Crippen LogP contribution in [0.3, 0.4) is 0 Å². The van der Waals surface area contributed by atoms with Gasteiger partial charge in [-0.25, -0.2) is 10.8 Å². The lowest BCUT2D eigenvalue weighted by Crippen LogP contribution is -2.37. The maximum atomic E-state index is 13.0. The van der Waals surface area contributed by atoms with Crippen molar-refractivity contribution in [2.75, 3.05) is 5.32 Å². The van der Waals surface area contributed by atoms with Crippen molar-refractivity contribution in [1.82, 2.24) is 5.43 Å². The van der Waals surface area contributed by atoms with E-state index in [1.54, 1.807) is 0 Å². The van der Waals surface area contributed by atoms with E-state index in [1.807, 2.05) is 0 Å². The van der Waals surface area contributed by atoms with Crippen molar-refractivity contribution in [3.05, 3.63) is 28.8 Å². The van der Waals surface area contributed by atoms with Gasteiger partial charge in [-0.3, -0.25) is 5.43 Å². The minimum atomic E-state index is -4.51. The number of nitrogens with two attached hydrogens (primary N) is 1. The van der Waals surface area contributed by atoms with Gasteiger partial charge < -0.3 is 5.32 Å². The van der Waals surface area contributed by atoms with E-state index in [-0.39, 0.29) is 22.7 Å². The predicted molar refractivity (Wildman–Crippen MR) is 77.1 cm³/mol. The van der Waals surface area contributed by atoms with Crippen molar-refractivity contribution in [1.29, 1.82) is 0 Å². The van der Waals surface area contributed by atoms with Crippen molar-refractivity contribution in [2.24, 2.45) is 10.8 Å². The Morgan fingerprint density at radius 2 is 1.95 bits per heavy atom. The zero-order valence-electron chi connectivity index (χ0n) is 11.2. The fourth-order valence-corrected chi connectivity index (χ4v) is 2.55. The molecule has 116 valence electrons. The second-order valence-electron chi connectivity index (χ2n) is 4.85. The quantitative estimate of drug-likeness (QED) is 0.338. The molecule has 0 radical (unpaired) electrons. The van der Waals surface area contributed by atoms with Crippen LogP contribution in [0.25, 0.3) is 0 Å². The molecule has 0 amide bonds. The highest BCUT2D eigenvalue weighted by atomic mass is 35.5. The minimum absolute atomic E-state index is 0.0424. The Hall–Kier alpha value is -1.47. The first-order valence-corrected chi connectivity index (χ1v) is 6.96. The third kappa shape index (κ3) is 4.01. The Balaban J connectivity index is 2.28. The van der Waals surface area contributed by atoms with Crippen molar-refractivity contribution in [2.45, 2.75) is 37.9 Å². The van der Waals surface area contributed by atoms with E-state index >= 15 is 0 Å². The number of nitrogens with one attached hydrogen (secondary N) is 2. The number of aliphatic imine (C=N–C) groups is 1. The highest BCUT2D eigenvalue weighted by molar-refractivity contribution is 6.34. The summed E-state index contributed by atoms with van der Waals surface area (Å²) in [6.07, 6.45) is -0.582. The molecular formula is C13H16ClF3N4. The van der Waals surface area contributed by atoms with E-state index in [2.05, 4.69) is 15.7 Å². The summed E-state index contributed by atoms with van der Waals surface area (Å²) in [5.74, 6) is 5.42. The molecule has 1 aromatic rings. The van der Waals surface area contributed by atoms with Gasteiger partial charge in [0.05, 0.1) is 22.3 Å². The highest BCUT2D eigenvalue weighted by Gasteiger charge is 2.34.